The van der Waals surface area contributed by atoms with E-state index in [0.29, 0.717) is 45.7 Å². The van der Waals surface area contributed by atoms with Crippen LogP contribution in [0.3, 0.4) is 0 Å². The second-order valence-electron chi connectivity index (χ2n) is 10.5. The zero-order valence-corrected chi connectivity index (χ0v) is 23.0. The summed E-state index contributed by atoms with van der Waals surface area (Å²) in [5.74, 6) is 1.38. The molecule has 1 aromatic carbocycles. The first-order chi connectivity index (χ1) is 17.1. The zero-order valence-electron chi connectivity index (χ0n) is 21.5. The Morgan fingerprint density at radius 3 is 2.44 bits per heavy atom. The normalized spacial score (nSPS) is 23.2. The molecule has 3 aromatic rings. The molecule has 0 spiro atoms. The van der Waals surface area contributed by atoms with Crippen LogP contribution in [0.4, 0.5) is 5.69 Å². The highest BCUT2D eigenvalue weighted by Crippen LogP contribution is 2.48. The number of benzene rings is 1. The van der Waals surface area contributed by atoms with Crippen molar-refractivity contribution in [1.82, 2.24) is 20.1 Å². The Hall–Kier alpha value is -3.00. The highest BCUT2D eigenvalue weighted by molar-refractivity contribution is 9.10. The van der Waals surface area contributed by atoms with E-state index in [0.717, 1.165) is 12.0 Å². The van der Waals surface area contributed by atoms with E-state index in [4.69, 9.17) is 0 Å². The Kier molecular flexibility index (Phi) is 7.64. The number of pyridine rings is 1. The Morgan fingerprint density at radius 1 is 1.11 bits per heavy atom. The SMILES string of the molecule is C[C@@H]1[C@@H](C)C(C)(C)[C@@H](C)C[C@H]1Nc1cnn(-c2ccc(C(=O)NCc3ccncc3)cc2)c(=O)c1Br. The van der Waals surface area contributed by atoms with Crippen LogP contribution in [-0.4, -0.2) is 26.7 Å². The molecule has 1 aliphatic rings. The van der Waals surface area contributed by atoms with E-state index in [1.807, 2.05) is 12.1 Å². The molecule has 1 amide bonds. The van der Waals surface area contributed by atoms with Crippen molar-refractivity contribution in [3.63, 3.8) is 0 Å². The van der Waals surface area contributed by atoms with Gasteiger partial charge in [0.15, 0.2) is 0 Å². The number of anilines is 1. The molecular formula is C28H34BrN5O2. The molecule has 190 valence electrons. The van der Waals surface area contributed by atoms with Crippen molar-refractivity contribution in [2.75, 3.05) is 5.32 Å². The molecule has 0 radical (unpaired) electrons. The largest absolute Gasteiger partial charge is 0.380 e. The highest BCUT2D eigenvalue weighted by Gasteiger charge is 2.43. The molecule has 2 N–H and O–H groups in total. The molecule has 1 aliphatic carbocycles. The Labute approximate surface area is 220 Å². The Bertz CT molecular complexity index is 1270. The van der Waals surface area contributed by atoms with Crippen LogP contribution in [-0.2, 0) is 6.54 Å². The number of aromatic nitrogens is 3. The lowest BCUT2D eigenvalue weighted by Crippen LogP contribution is -2.48. The summed E-state index contributed by atoms with van der Waals surface area (Å²) < 4.78 is 1.79. The molecule has 0 saturated heterocycles. The Balaban J connectivity index is 1.47. The van der Waals surface area contributed by atoms with Gasteiger partial charge in [-0.1, -0.05) is 34.6 Å². The second kappa shape index (κ2) is 10.5. The van der Waals surface area contributed by atoms with E-state index >= 15 is 0 Å². The maximum Gasteiger partial charge on any atom is 0.287 e. The van der Waals surface area contributed by atoms with Crippen molar-refractivity contribution in [2.45, 2.75) is 53.6 Å². The smallest absolute Gasteiger partial charge is 0.287 e. The number of hydrogen-bond donors (Lipinski definition) is 2. The van der Waals surface area contributed by atoms with Crippen molar-refractivity contribution < 1.29 is 4.79 Å². The predicted octanol–water partition coefficient (Wildman–Crippen LogP) is 5.44. The van der Waals surface area contributed by atoms with Gasteiger partial charge in [-0.15, -0.1) is 0 Å². The fourth-order valence-corrected chi connectivity index (χ4v) is 5.41. The van der Waals surface area contributed by atoms with Gasteiger partial charge in [0, 0.05) is 30.5 Å². The molecule has 36 heavy (non-hydrogen) atoms. The molecule has 2 aromatic heterocycles. The van der Waals surface area contributed by atoms with E-state index < -0.39 is 0 Å². The lowest BCUT2D eigenvalue weighted by atomic mass is 9.58. The maximum absolute atomic E-state index is 13.2. The van der Waals surface area contributed by atoms with Crippen molar-refractivity contribution in [2.24, 2.45) is 23.2 Å². The first-order valence-corrected chi connectivity index (χ1v) is 13.2. The average Bonchev–Trinajstić information content (AvgIpc) is 2.88. The monoisotopic (exact) mass is 551 g/mol. The number of nitrogens with one attached hydrogen (secondary N) is 2. The van der Waals surface area contributed by atoms with Crippen molar-refractivity contribution in [3.05, 3.63) is 80.9 Å². The van der Waals surface area contributed by atoms with E-state index in [-0.39, 0.29) is 22.9 Å². The standard InChI is InChI=1S/C28H34BrN5O2/c1-17-14-23(18(2)19(3)28(17,4)5)33-24-16-32-34(27(36)25(24)29)22-8-6-21(7-9-22)26(35)31-15-20-10-12-30-13-11-20/h6-13,16-19,23,33H,14-15H2,1-5H3,(H,31,35)/t17-,18+,19+,23+/m0/s1. The number of halogens is 1. The molecule has 1 saturated carbocycles. The van der Waals surface area contributed by atoms with Crippen molar-refractivity contribution >= 4 is 27.5 Å². The third kappa shape index (κ3) is 5.24. The third-order valence-electron chi connectivity index (χ3n) is 8.31. The van der Waals surface area contributed by atoms with E-state index in [1.54, 1.807) is 42.9 Å². The molecule has 4 rings (SSSR count). The molecule has 0 aliphatic heterocycles. The molecular weight excluding hydrogens is 518 g/mol. The van der Waals surface area contributed by atoms with Crippen LogP contribution in [0.5, 0.6) is 0 Å². The summed E-state index contributed by atoms with van der Waals surface area (Å²) in [6.45, 7) is 12.0. The number of amides is 1. The van der Waals surface area contributed by atoms with Gasteiger partial charge in [0.2, 0.25) is 0 Å². The average molecular weight is 553 g/mol. The van der Waals surface area contributed by atoms with Crippen LogP contribution in [0.15, 0.2) is 64.3 Å². The minimum Gasteiger partial charge on any atom is -0.380 e. The molecule has 4 atom stereocenters. The van der Waals surface area contributed by atoms with Gasteiger partial charge in [-0.25, -0.2) is 0 Å². The fraction of sp³-hybridized carbons (Fsp3) is 0.429. The lowest BCUT2D eigenvalue weighted by molar-refractivity contribution is 0.0316. The van der Waals surface area contributed by atoms with Gasteiger partial charge >= 0.3 is 0 Å². The topological polar surface area (TPSA) is 88.9 Å². The molecule has 0 unspecified atom stereocenters. The van der Waals surface area contributed by atoms with Crippen LogP contribution >= 0.6 is 15.9 Å². The van der Waals surface area contributed by atoms with E-state index in [1.165, 1.54) is 4.68 Å². The summed E-state index contributed by atoms with van der Waals surface area (Å²) in [7, 11) is 0. The number of nitrogens with zero attached hydrogens (tertiary/aromatic N) is 3. The number of carbonyl (C=O) groups is 1. The summed E-state index contributed by atoms with van der Waals surface area (Å²) >= 11 is 3.50. The van der Waals surface area contributed by atoms with Crippen molar-refractivity contribution in [1.29, 1.82) is 0 Å². The first kappa shape index (κ1) is 26.1. The molecule has 7 nitrogen and oxygen atoms in total. The zero-order chi connectivity index (χ0) is 26.0. The first-order valence-electron chi connectivity index (χ1n) is 12.4. The van der Waals surface area contributed by atoms with Crippen LogP contribution in [0, 0.1) is 23.2 Å². The van der Waals surface area contributed by atoms with Gasteiger partial charge in [0.1, 0.15) is 4.47 Å². The van der Waals surface area contributed by atoms with Gasteiger partial charge in [0.25, 0.3) is 11.5 Å². The number of carbonyl (C=O) groups excluding carboxylic acids is 1. The van der Waals surface area contributed by atoms with Crippen LogP contribution < -0.4 is 16.2 Å². The van der Waals surface area contributed by atoms with E-state index in [2.05, 4.69) is 71.3 Å². The molecule has 8 heteroatoms. The number of hydrogen-bond acceptors (Lipinski definition) is 5. The summed E-state index contributed by atoms with van der Waals surface area (Å²) in [6.07, 6.45) is 6.12. The van der Waals surface area contributed by atoms with Crippen LogP contribution in [0.1, 0.15) is 57.0 Å². The summed E-state index contributed by atoms with van der Waals surface area (Å²) in [5, 5.41) is 10.9. The van der Waals surface area contributed by atoms with Gasteiger partial charge in [0.05, 0.1) is 17.6 Å². The minimum atomic E-state index is -0.250. The fourth-order valence-electron chi connectivity index (χ4n) is 5.02. The molecule has 2 heterocycles. The third-order valence-corrected chi connectivity index (χ3v) is 9.08. The van der Waals surface area contributed by atoms with Gasteiger partial charge in [-0.3, -0.25) is 14.6 Å². The van der Waals surface area contributed by atoms with Crippen LogP contribution in [0.2, 0.25) is 0 Å². The molecule has 0 bridgehead atoms. The van der Waals surface area contributed by atoms with Gasteiger partial charge in [-0.05, 0) is 87.5 Å². The number of rotatable bonds is 6. The minimum absolute atomic E-state index is 0.187. The highest BCUT2D eigenvalue weighted by atomic mass is 79.9. The summed E-state index contributed by atoms with van der Waals surface area (Å²) in [5.41, 5.74) is 2.81. The maximum atomic E-state index is 13.2. The van der Waals surface area contributed by atoms with E-state index in [9.17, 15) is 9.59 Å². The Morgan fingerprint density at radius 2 is 1.78 bits per heavy atom. The van der Waals surface area contributed by atoms with Gasteiger partial charge in [-0.2, -0.15) is 9.78 Å². The second-order valence-corrected chi connectivity index (χ2v) is 11.3. The van der Waals surface area contributed by atoms with Crippen LogP contribution in [0.25, 0.3) is 5.69 Å². The predicted molar refractivity (Wildman–Crippen MR) is 146 cm³/mol. The quantitative estimate of drug-likeness (QED) is 0.425. The summed E-state index contributed by atoms with van der Waals surface area (Å²) in [6, 6.07) is 10.8. The lowest BCUT2D eigenvalue weighted by Gasteiger charge is -2.50. The van der Waals surface area contributed by atoms with Crippen molar-refractivity contribution in [3.8, 4) is 5.69 Å². The summed E-state index contributed by atoms with van der Waals surface area (Å²) in [4.78, 5) is 29.6. The molecule has 1 fully saturated rings. The van der Waals surface area contributed by atoms with Gasteiger partial charge < -0.3 is 10.6 Å².